The van der Waals surface area contributed by atoms with Crippen LogP contribution >= 0.6 is 7.82 Å². The highest BCUT2D eigenvalue weighted by Crippen LogP contribution is 2.50. The highest BCUT2D eigenvalue weighted by Gasteiger charge is 2.33. The van der Waals surface area contributed by atoms with Crippen molar-refractivity contribution in [3.05, 3.63) is 89.0 Å². The van der Waals surface area contributed by atoms with Gasteiger partial charge in [-0.2, -0.15) is 0 Å². The lowest BCUT2D eigenvalue weighted by atomic mass is 9.98. The van der Waals surface area contributed by atoms with Gasteiger partial charge in [-0.05, 0) is 45.9 Å². The smallest absolute Gasteiger partial charge is 0.467 e. The van der Waals surface area contributed by atoms with Crippen molar-refractivity contribution in [2.45, 2.75) is 44.9 Å². The average Bonchev–Trinajstić information content (AvgIpc) is 3.31. The summed E-state index contributed by atoms with van der Waals surface area (Å²) in [6.07, 6.45) is -0.695. The van der Waals surface area contributed by atoms with Gasteiger partial charge in [0.15, 0.2) is 0 Å². The number of alkyl carbamates (subject to hydrolysis) is 1. The van der Waals surface area contributed by atoms with Gasteiger partial charge in [-0.1, -0.05) is 68.4 Å². The van der Waals surface area contributed by atoms with Crippen LogP contribution in [-0.2, 0) is 41.2 Å². The van der Waals surface area contributed by atoms with E-state index in [1.165, 1.54) is 13.2 Å². The Labute approximate surface area is 249 Å². The number of fused-ring (bicyclic) bond motifs is 4. The van der Waals surface area contributed by atoms with Gasteiger partial charge in [0.1, 0.15) is 24.4 Å². The van der Waals surface area contributed by atoms with Crippen molar-refractivity contribution in [3.63, 3.8) is 0 Å². The van der Waals surface area contributed by atoms with Crippen LogP contribution in [0.25, 0.3) is 11.1 Å². The molecular formula is C31H33N2O9P. The Kier molecular flexibility index (Phi) is 8.87. The number of carbonyl (C=O) groups excluding carboxylic acids is 3. The minimum Gasteiger partial charge on any atom is -0.467 e. The van der Waals surface area contributed by atoms with Crippen LogP contribution in [0.1, 0.15) is 42.0 Å². The summed E-state index contributed by atoms with van der Waals surface area (Å²) in [6, 6.07) is 18.7. The molecule has 0 radical (unpaired) electrons. The molecule has 3 aromatic rings. The number of phosphoric ester groups is 1. The SMILES string of the molecule is COC(=O)[C@H](Cc1ccc2c(c1)COP(=O)(O)O2)NC(=O)[C@@H](NC(=O)OCC1c2ccccc2-c2ccccc21)C(C)C. The molecule has 43 heavy (non-hydrogen) atoms. The molecule has 5 rings (SSSR count). The Hall–Kier alpha value is -4.18. The van der Waals surface area contributed by atoms with Crippen molar-refractivity contribution in [2.24, 2.45) is 5.92 Å². The minimum atomic E-state index is -4.15. The van der Waals surface area contributed by atoms with Crippen LogP contribution in [0.5, 0.6) is 5.75 Å². The Morgan fingerprint density at radius 3 is 2.28 bits per heavy atom. The summed E-state index contributed by atoms with van der Waals surface area (Å²) in [7, 11) is -2.94. The number of hydrogen-bond donors (Lipinski definition) is 3. The van der Waals surface area contributed by atoms with Gasteiger partial charge in [0, 0.05) is 17.9 Å². The summed E-state index contributed by atoms with van der Waals surface area (Å²) in [6.45, 7) is 3.48. The molecule has 11 nitrogen and oxygen atoms in total. The van der Waals surface area contributed by atoms with E-state index in [0.29, 0.717) is 11.1 Å². The van der Waals surface area contributed by atoms with Crippen molar-refractivity contribution in [1.82, 2.24) is 10.6 Å². The van der Waals surface area contributed by atoms with Crippen LogP contribution in [0.3, 0.4) is 0 Å². The molecule has 12 heteroatoms. The Morgan fingerprint density at radius 2 is 1.65 bits per heavy atom. The van der Waals surface area contributed by atoms with E-state index in [1.807, 2.05) is 48.5 Å². The number of ether oxygens (including phenoxy) is 2. The van der Waals surface area contributed by atoms with Crippen molar-refractivity contribution < 1.29 is 42.4 Å². The Bertz CT molecular complexity index is 1550. The number of carbonyl (C=O) groups is 3. The number of amides is 2. The Morgan fingerprint density at radius 1 is 1.00 bits per heavy atom. The molecule has 2 aliphatic rings. The molecule has 3 N–H and O–H groups in total. The molecule has 0 saturated carbocycles. The summed E-state index contributed by atoms with van der Waals surface area (Å²) in [5.74, 6) is -1.52. The molecule has 1 aliphatic carbocycles. The van der Waals surface area contributed by atoms with Gasteiger partial charge in [0.2, 0.25) is 5.91 Å². The monoisotopic (exact) mass is 608 g/mol. The number of methoxy groups -OCH3 is 1. The van der Waals surface area contributed by atoms with Crippen molar-refractivity contribution in [3.8, 4) is 16.9 Å². The van der Waals surface area contributed by atoms with Crippen LogP contribution in [-0.4, -0.2) is 48.7 Å². The zero-order valence-electron chi connectivity index (χ0n) is 23.9. The van der Waals surface area contributed by atoms with Gasteiger partial charge in [-0.25, -0.2) is 14.2 Å². The molecule has 1 unspecified atom stereocenters. The molecule has 3 atom stereocenters. The second kappa shape index (κ2) is 12.6. The molecular weight excluding hydrogens is 575 g/mol. The van der Waals surface area contributed by atoms with E-state index in [9.17, 15) is 23.8 Å². The second-order valence-corrected chi connectivity index (χ2v) is 12.1. The second-order valence-electron chi connectivity index (χ2n) is 10.8. The maximum absolute atomic E-state index is 13.3. The maximum Gasteiger partial charge on any atom is 0.527 e. The van der Waals surface area contributed by atoms with Crippen molar-refractivity contribution in [2.75, 3.05) is 13.7 Å². The number of esters is 1. The quantitative estimate of drug-likeness (QED) is 0.236. The third kappa shape index (κ3) is 6.74. The lowest BCUT2D eigenvalue weighted by Gasteiger charge is -2.25. The van der Waals surface area contributed by atoms with Gasteiger partial charge >= 0.3 is 19.9 Å². The fourth-order valence-corrected chi connectivity index (χ4v) is 6.18. The molecule has 0 fully saturated rings. The van der Waals surface area contributed by atoms with E-state index in [-0.39, 0.29) is 37.2 Å². The minimum absolute atomic E-state index is 0.0538. The zero-order valence-corrected chi connectivity index (χ0v) is 24.8. The first kappa shape index (κ1) is 30.3. The first-order valence-corrected chi connectivity index (χ1v) is 15.3. The van der Waals surface area contributed by atoms with Crippen LogP contribution < -0.4 is 15.2 Å². The molecule has 1 heterocycles. The fraction of sp³-hybridized carbons (Fsp3) is 0.323. The predicted octanol–water partition coefficient (Wildman–Crippen LogP) is 4.46. The van der Waals surface area contributed by atoms with E-state index in [0.717, 1.165) is 22.3 Å². The van der Waals surface area contributed by atoms with Gasteiger partial charge in [-0.15, -0.1) is 0 Å². The van der Waals surface area contributed by atoms with Gasteiger partial charge in [0.25, 0.3) is 0 Å². The maximum atomic E-state index is 13.3. The van der Waals surface area contributed by atoms with Crippen LogP contribution in [0, 0.1) is 5.92 Å². The average molecular weight is 609 g/mol. The summed E-state index contributed by atoms with van der Waals surface area (Å²) in [5, 5.41) is 5.34. The molecule has 2 amide bonds. The van der Waals surface area contributed by atoms with E-state index < -0.39 is 37.9 Å². The van der Waals surface area contributed by atoms with Gasteiger partial charge in [-0.3, -0.25) is 14.2 Å². The predicted molar refractivity (Wildman–Crippen MR) is 156 cm³/mol. The topological polar surface area (TPSA) is 149 Å². The Balaban J connectivity index is 1.23. The highest BCUT2D eigenvalue weighted by molar-refractivity contribution is 7.47. The molecule has 1 aliphatic heterocycles. The van der Waals surface area contributed by atoms with Crippen molar-refractivity contribution in [1.29, 1.82) is 0 Å². The fourth-order valence-electron chi connectivity index (χ4n) is 5.40. The molecule has 3 aromatic carbocycles. The number of phosphoric acid groups is 1. The van der Waals surface area contributed by atoms with Crippen LogP contribution in [0.4, 0.5) is 4.79 Å². The summed E-state index contributed by atoms with van der Waals surface area (Å²) < 4.78 is 32.0. The summed E-state index contributed by atoms with van der Waals surface area (Å²) in [5.41, 5.74) is 5.50. The van der Waals surface area contributed by atoms with E-state index in [2.05, 4.69) is 10.6 Å². The molecule has 226 valence electrons. The molecule has 0 aromatic heterocycles. The molecule has 0 saturated heterocycles. The first-order chi connectivity index (χ1) is 20.6. The largest absolute Gasteiger partial charge is 0.527 e. The lowest BCUT2D eigenvalue weighted by molar-refractivity contribution is -0.145. The highest BCUT2D eigenvalue weighted by atomic mass is 31.2. The van der Waals surface area contributed by atoms with Crippen LogP contribution in [0.2, 0.25) is 0 Å². The van der Waals surface area contributed by atoms with E-state index in [4.69, 9.17) is 18.5 Å². The number of hydrogen-bond acceptors (Lipinski definition) is 8. The first-order valence-electron chi connectivity index (χ1n) is 13.8. The summed E-state index contributed by atoms with van der Waals surface area (Å²) in [4.78, 5) is 48.4. The van der Waals surface area contributed by atoms with Crippen LogP contribution in [0.15, 0.2) is 66.7 Å². The normalized spacial score (nSPS) is 18.3. The lowest BCUT2D eigenvalue weighted by Crippen LogP contribution is -2.54. The van der Waals surface area contributed by atoms with Gasteiger partial charge in [0.05, 0.1) is 13.7 Å². The third-order valence-corrected chi connectivity index (χ3v) is 8.41. The van der Waals surface area contributed by atoms with Gasteiger partial charge < -0.3 is 24.6 Å². The third-order valence-electron chi connectivity index (χ3n) is 7.53. The van der Waals surface area contributed by atoms with Crippen molar-refractivity contribution >= 4 is 25.8 Å². The number of nitrogens with one attached hydrogen (secondary N) is 2. The molecule has 0 bridgehead atoms. The standard InChI is InChI=1S/C31H33N2O9P/c1-18(2)28(33-31(36)40-17-25-23-10-6-4-8-21(23)22-9-5-7-11-24(22)25)29(34)32-26(30(35)39-3)15-19-12-13-27-20(14-19)16-41-43(37,38)42-27/h4-14,18,25-26,28H,15-17H2,1-3H3,(H,32,34)(H,33,36)(H,37,38)/t26-,28-/m0/s1. The van der Waals surface area contributed by atoms with E-state index in [1.54, 1.807) is 26.0 Å². The number of benzene rings is 3. The molecule has 0 spiro atoms. The number of rotatable bonds is 9. The van der Waals surface area contributed by atoms with E-state index >= 15 is 0 Å². The summed E-state index contributed by atoms with van der Waals surface area (Å²) >= 11 is 0. The zero-order chi connectivity index (χ0) is 30.7.